The average Bonchev–Trinajstić information content (AvgIpc) is 3.12. The summed E-state index contributed by atoms with van der Waals surface area (Å²) in [5.41, 5.74) is 0.681. The Morgan fingerprint density at radius 3 is 3.15 bits per heavy atom. The Balaban J connectivity index is 1.53. The van der Waals surface area contributed by atoms with Crippen molar-refractivity contribution in [2.75, 3.05) is 26.3 Å². The number of aromatic nitrogens is 1. The second-order valence-corrected chi connectivity index (χ2v) is 7.25. The highest BCUT2D eigenvalue weighted by Gasteiger charge is 2.48. The Morgan fingerprint density at radius 1 is 1.46 bits per heavy atom. The van der Waals surface area contributed by atoms with Crippen molar-refractivity contribution in [3.05, 3.63) is 48.2 Å². The summed E-state index contributed by atoms with van der Waals surface area (Å²) in [4.78, 5) is 18.9. The predicted molar refractivity (Wildman–Crippen MR) is 95.1 cm³/mol. The number of hydrogen-bond donors (Lipinski definition) is 0. The van der Waals surface area contributed by atoms with E-state index in [4.69, 9.17) is 13.9 Å². The molecule has 0 spiro atoms. The molecule has 0 bridgehead atoms. The van der Waals surface area contributed by atoms with Crippen LogP contribution >= 0.6 is 0 Å². The van der Waals surface area contributed by atoms with Gasteiger partial charge in [0.2, 0.25) is 0 Å². The third-order valence-electron chi connectivity index (χ3n) is 5.49. The zero-order valence-corrected chi connectivity index (χ0v) is 15.0. The zero-order chi connectivity index (χ0) is 18.0. The maximum Gasteiger partial charge on any atom is 0.289 e. The summed E-state index contributed by atoms with van der Waals surface area (Å²) in [7, 11) is 0. The summed E-state index contributed by atoms with van der Waals surface area (Å²) in [6, 6.07) is 5.59. The third-order valence-corrected chi connectivity index (χ3v) is 5.49. The van der Waals surface area contributed by atoms with Crippen molar-refractivity contribution in [2.45, 2.75) is 32.3 Å². The molecule has 2 aromatic heterocycles. The first-order valence-electron chi connectivity index (χ1n) is 9.16. The predicted octanol–water partition coefficient (Wildman–Crippen LogP) is 3.07. The van der Waals surface area contributed by atoms with E-state index in [2.05, 4.69) is 4.98 Å². The van der Waals surface area contributed by atoms with E-state index in [0.29, 0.717) is 25.5 Å². The first kappa shape index (κ1) is 17.1. The molecule has 0 unspecified atom stereocenters. The van der Waals surface area contributed by atoms with Gasteiger partial charge >= 0.3 is 0 Å². The topological polar surface area (TPSA) is 64.8 Å². The molecule has 0 radical (unpaired) electrons. The first-order chi connectivity index (χ1) is 12.7. The minimum absolute atomic E-state index is 0.0442. The van der Waals surface area contributed by atoms with E-state index in [1.54, 1.807) is 18.7 Å². The highest BCUT2D eigenvalue weighted by molar-refractivity contribution is 5.93. The van der Waals surface area contributed by atoms with Gasteiger partial charge in [-0.25, -0.2) is 0 Å². The van der Waals surface area contributed by atoms with Crippen LogP contribution in [0.3, 0.4) is 0 Å². The molecule has 2 fully saturated rings. The zero-order valence-electron chi connectivity index (χ0n) is 15.0. The van der Waals surface area contributed by atoms with Crippen molar-refractivity contribution in [3.63, 3.8) is 0 Å². The number of likely N-dealkylation sites (tertiary alicyclic amines) is 1. The number of hydrogen-bond acceptors (Lipinski definition) is 5. The molecule has 2 atom stereocenters. The monoisotopic (exact) mass is 356 g/mol. The fourth-order valence-electron chi connectivity index (χ4n) is 4.07. The van der Waals surface area contributed by atoms with E-state index >= 15 is 0 Å². The minimum Gasteiger partial charge on any atom is -0.491 e. The standard InChI is InChI=1S/C20H24N2O4/c1-15-6-11-25-18(15)19(23)22-9-5-17-20(13-22,7-3-10-24-17)14-26-16-4-2-8-21-12-16/h2,4,6,8,11-12,17H,3,5,7,9-10,13-14H2,1H3/t17-,20-/m0/s1. The molecule has 0 saturated carbocycles. The molecule has 4 rings (SSSR count). The molecule has 6 nitrogen and oxygen atoms in total. The van der Waals surface area contributed by atoms with Gasteiger partial charge < -0.3 is 18.8 Å². The molecule has 2 aliphatic rings. The van der Waals surface area contributed by atoms with Gasteiger partial charge in [0.05, 0.1) is 25.2 Å². The Labute approximate surface area is 153 Å². The molecule has 2 saturated heterocycles. The number of piperidine rings is 1. The second-order valence-electron chi connectivity index (χ2n) is 7.25. The number of furan rings is 1. The van der Waals surface area contributed by atoms with Gasteiger partial charge in [0, 0.05) is 36.9 Å². The molecule has 138 valence electrons. The number of aryl methyl sites for hydroxylation is 1. The Bertz CT molecular complexity index is 760. The van der Waals surface area contributed by atoms with E-state index in [1.807, 2.05) is 30.0 Å². The van der Waals surface area contributed by atoms with Crippen LogP contribution in [0.1, 0.15) is 35.4 Å². The summed E-state index contributed by atoms with van der Waals surface area (Å²) in [6.45, 7) is 4.50. The summed E-state index contributed by atoms with van der Waals surface area (Å²) in [5.74, 6) is 1.14. The number of nitrogens with zero attached hydrogens (tertiary/aromatic N) is 2. The summed E-state index contributed by atoms with van der Waals surface area (Å²) >= 11 is 0. The van der Waals surface area contributed by atoms with Crippen LogP contribution in [0.5, 0.6) is 5.75 Å². The van der Waals surface area contributed by atoms with Crippen molar-refractivity contribution in [1.82, 2.24) is 9.88 Å². The van der Waals surface area contributed by atoms with Gasteiger partial charge in [-0.1, -0.05) is 0 Å². The number of ether oxygens (including phenoxy) is 2. The van der Waals surface area contributed by atoms with Gasteiger partial charge in [-0.05, 0) is 44.4 Å². The second kappa shape index (κ2) is 7.11. The van der Waals surface area contributed by atoms with Gasteiger partial charge in [0.15, 0.2) is 5.76 Å². The van der Waals surface area contributed by atoms with Crippen LogP contribution in [0.25, 0.3) is 0 Å². The molecular formula is C20H24N2O4. The van der Waals surface area contributed by atoms with Gasteiger partial charge in [-0.2, -0.15) is 0 Å². The van der Waals surface area contributed by atoms with Gasteiger partial charge in [0.1, 0.15) is 5.75 Å². The SMILES string of the molecule is Cc1ccoc1C(=O)N1CC[C@@H]2OCCC[C@@]2(COc2cccnc2)C1. The van der Waals surface area contributed by atoms with Crippen molar-refractivity contribution >= 4 is 5.91 Å². The largest absolute Gasteiger partial charge is 0.491 e. The third kappa shape index (κ3) is 3.21. The Morgan fingerprint density at radius 2 is 2.38 bits per heavy atom. The fraction of sp³-hybridized carbons (Fsp3) is 0.500. The lowest BCUT2D eigenvalue weighted by Gasteiger charge is -2.50. The van der Waals surface area contributed by atoms with Crippen molar-refractivity contribution in [3.8, 4) is 5.75 Å². The quantitative estimate of drug-likeness (QED) is 0.842. The normalized spacial score (nSPS) is 25.6. The molecule has 0 aromatic carbocycles. The maximum absolute atomic E-state index is 12.9. The van der Waals surface area contributed by atoms with Crippen LogP contribution in [-0.2, 0) is 4.74 Å². The lowest BCUT2D eigenvalue weighted by molar-refractivity contribution is -0.133. The van der Waals surface area contributed by atoms with Crippen LogP contribution in [0.15, 0.2) is 41.3 Å². The molecule has 0 aliphatic carbocycles. The van der Waals surface area contributed by atoms with E-state index < -0.39 is 0 Å². The van der Waals surface area contributed by atoms with E-state index in [9.17, 15) is 4.79 Å². The number of carbonyl (C=O) groups excluding carboxylic acids is 1. The van der Waals surface area contributed by atoms with E-state index in [1.165, 1.54) is 0 Å². The Kier molecular flexibility index (Phi) is 4.68. The van der Waals surface area contributed by atoms with E-state index in [0.717, 1.165) is 37.2 Å². The fourth-order valence-corrected chi connectivity index (χ4v) is 4.07. The van der Waals surface area contributed by atoms with Crippen molar-refractivity contribution < 1.29 is 18.7 Å². The van der Waals surface area contributed by atoms with Gasteiger partial charge in [-0.15, -0.1) is 0 Å². The Hall–Kier alpha value is -2.34. The lowest BCUT2D eigenvalue weighted by atomic mass is 9.73. The molecule has 2 aromatic rings. The summed E-state index contributed by atoms with van der Waals surface area (Å²) in [6.07, 6.45) is 7.92. The van der Waals surface area contributed by atoms with Gasteiger partial charge in [-0.3, -0.25) is 9.78 Å². The molecular weight excluding hydrogens is 332 g/mol. The molecule has 6 heteroatoms. The molecule has 26 heavy (non-hydrogen) atoms. The number of carbonyl (C=O) groups is 1. The number of amides is 1. The average molecular weight is 356 g/mol. The van der Waals surface area contributed by atoms with E-state index in [-0.39, 0.29) is 17.4 Å². The van der Waals surface area contributed by atoms with Crippen molar-refractivity contribution in [2.24, 2.45) is 5.41 Å². The number of pyridine rings is 1. The van der Waals surface area contributed by atoms with Crippen LogP contribution in [-0.4, -0.2) is 48.2 Å². The smallest absolute Gasteiger partial charge is 0.289 e. The van der Waals surface area contributed by atoms with Crippen LogP contribution < -0.4 is 4.74 Å². The molecule has 0 N–H and O–H groups in total. The highest BCUT2D eigenvalue weighted by Crippen LogP contribution is 2.41. The first-order valence-corrected chi connectivity index (χ1v) is 9.16. The number of rotatable bonds is 4. The number of fused-ring (bicyclic) bond motifs is 1. The molecule has 1 amide bonds. The van der Waals surface area contributed by atoms with Crippen molar-refractivity contribution in [1.29, 1.82) is 0 Å². The maximum atomic E-state index is 12.9. The lowest BCUT2D eigenvalue weighted by Crippen LogP contribution is -2.58. The van der Waals surface area contributed by atoms with Crippen LogP contribution in [0.2, 0.25) is 0 Å². The van der Waals surface area contributed by atoms with Crippen LogP contribution in [0.4, 0.5) is 0 Å². The highest BCUT2D eigenvalue weighted by atomic mass is 16.5. The van der Waals surface area contributed by atoms with Crippen LogP contribution in [0, 0.1) is 12.3 Å². The summed E-state index contributed by atoms with van der Waals surface area (Å²) in [5, 5.41) is 0. The molecule has 2 aliphatic heterocycles. The van der Waals surface area contributed by atoms with Gasteiger partial charge in [0.25, 0.3) is 5.91 Å². The minimum atomic E-state index is -0.192. The summed E-state index contributed by atoms with van der Waals surface area (Å²) < 4.78 is 17.5. The molecule has 4 heterocycles.